The fraction of sp³-hybridized carbons (Fsp3) is 0.333. The number of nitrogens with zero attached hydrogens (tertiary/aromatic N) is 1. The molecule has 0 unspecified atom stereocenters. The molecule has 1 aromatic carbocycles. The molecule has 1 aromatic rings. The highest BCUT2D eigenvalue weighted by atomic mass is 19.1. The van der Waals surface area contributed by atoms with Crippen LogP contribution in [-0.2, 0) is 4.79 Å². The van der Waals surface area contributed by atoms with Crippen LogP contribution in [0.15, 0.2) is 18.2 Å². The summed E-state index contributed by atoms with van der Waals surface area (Å²) in [7, 11) is 0. The molecule has 90 valence electrons. The summed E-state index contributed by atoms with van der Waals surface area (Å²) in [4.78, 5) is 24.4. The van der Waals surface area contributed by atoms with Crippen molar-refractivity contribution in [1.29, 1.82) is 0 Å². The maximum absolute atomic E-state index is 13.5. The summed E-state index contributed by atoms with van der Waals surface area (Å²) in [6.45, 7) is 0.663. The van der Waals surface area contributed by atoms with Gasteiger partial charge in [0.1, 0.15) is 17.3 Å². The lowest BCUT2D eigenvalue weighted by atomic mass is 10.1. The predicted octanol–water partition coefficient (Wildman–Crippen LogP) is 1.34. The molecular formula is C12H12FNO3. The molecule has 1 aliphatic heterocycles. The molecule has 0 aliphatic carbocycles. The highest BCUT2D eigenvalue weighted by molar-refractivity contribution is 5.95. The van der Waals surface area contributed by atoms with Crippen LogP contribution < -0.4 is 0 Å². The van der Waals surface area contributed by atoms with Crippen LogP contribution in [0.3, 0.4) is 0 Å². The van der Waals surface area contributed by atoms with Crippen molar-refractivity contribution in [3.05, 3.63) is 29.6 Å². The van der Waals surface area contributed by atoms with Crippen molar-refractivity contribution in [2.45, 2.75) is 12.8 Å². The van der Waals surface area contributed by atoms with Crippen molar-refractivity contribution in [3.8, 4) is 5.75 Å². The Kier molecular flexibility index (Phi) is 3.08. The molecule has 1 saturated heterocycles. The number of halogens is 1. The van der Waals surface area contributed by atoms with E-state index in [0.717, 1.165) is 6.07 Å². The number of hydrogen-bond donors (Lipinski definition) is 1. The lowest BCUT2D eigenvalue weighted by Gasteiger charge is -2.26. The standard InChI is InChI=1S/C12H12FNO3/c13-11-7-9(16)1-2-10(11)12(17)14-5-3-8(15)4-6-14/h1-2,7,16H,3-6H2. The van der Waals surface area contributed by atoms with E-state index in [1.165, 1.54) is 17.0 Å². The van der Waals surface area contributed by atoms with Gasteiger partial charge in [0.05, 0.1) is 5.56 Å². The highest BCUT2D eigenvalue weighted by Gasteiger charge is 2.23. The topological polar surface area (TPSA) is 57.6 Å². The third kappa shape index (κ3) is 2.43. The first-order chi connectivity index (χ1) is 8.08. The molecule has 0 radical (unpaired) electrons. The summed E-state index contributed by atoms with van der Waals surface area (Å²) < 4.78 is 13.5. The highest BCUT2D eigenvalue weighted by Crippen LogP contribution is 2.18. The molecule has 0 aromatic heterocycles. The third-order valence-electron chi connectivity index (χ3n) is 2.79. The van der Waals surface area contributed by atoms with Gasteiger partial charge in [-0.1, -0.05) is 0 Å². The Labute approximate surface area is 97.7 Å². The zero-order chi connectivity index (χ0) is 12.4. The van der Waals surface area contributed by atoms with Gasteiger partial charge in [-0.15, -0.1) is 0 Å². The largest absolute Gasteiger partial charge is 0.508 e. The van der Waals surface area contributed by atoms with Crippen LogP contribution in [0.1, 0.15) is 23.2 Å². The smallest absolute Gasteiger partial charge is 0.256 e. The van der Waals surface area contributed by atoms with Gasteiger partial charge in [-0.05, 0) is 12.1 Å². The number of benzene rings is 1. The molecule has 2 rings (SSSR count). The van der Waals surface area contributed by atoms with Gasteiger partial charge >= 0.3 is 0 Å². The second-order valence-electron chi connectivity index (χ2n) is 4.00. The maximum Gasteiger partial charge on any atom is 0.256 e. The van der Waals surface area contributed by atoms with E-state index >= 15 is 0 Å². The molecule has 1 amide bonds. The first-order valence-electron chi connectivity index (χ1n) is 5.37. The quantitative estimate of drug-likeness (QED) is 0.801. The number of piperidine rings is 1. The van der Waals surface area contributed by atoms with E-state index in [0.29, 0.717) is 25.9 Å². The fourth-order valence-corrected chi connectivity index (χ4v) is 1.81. The molecule has 1 aliphatic rings. The average Bonchev–Trinajstić information content (AvgIpc) is 2.29. The minimum atomic E-state index is -0.744. The zero-order valence-electron chi connectivity index (χ0n) is 9.15. The van der Waals surface area contributed by atoms with Crippen LogP contribution in [0, 0.1) is 5.82 Å². The van der Waals surface area contributed by atoms with Crippen molar-refractivity contribution < 1.29 is 19.1 Å². The number of carbonyl (C=O) groups is 2. The van der Waals surface area contributed by atoms with E-state index in [1.807, 2.05) is 0 Å². The van der Waals surface area contributed by atoms with Gasteiger partial charge in [-0.3, -0.25) is 9.59 Å². The van der Waals surface area contributed by atoms with Crippen LogP contribution in [0.25, 0.3) is 0 Å². The molecule has 1 heterocycles. The molecule has 0 atom stereocenters. The number of aromatic hydroxyl groups is 1. The Morgan fingerprint density at radius 3 is 2.53 bits per heavy atom. The van der Waals surface area contributed by atoms with Crippen molar-refractivity contribution in [2.24, 2.45) is 0 Å². The molecule has 5 heteroatoms. The molecule has 4 nitrogen and oxygen atoms in total. The Morgan fingerprint density at radius 2 is 1.94 bits per heavy atom. The zero-order valence-corrected chi connectivity index (χ0v) is 9.15. The summed E-state index contributed by atoms with van der Waals surface area (Å²) in [5.74, 6) is -1.27. The number of phenolic OH excluding ortho intramolecular Hbond substituents is 1. The molecule has 0 saturated carbocycles. The summed E-state index contributed by atoms with van der Waals surface area (Å²) in [5.41, 5.74) is -0.0721. The Morgan fingerprint density at radius 1 is 1.29 bits per heavy atom. The molecule has 0 bridgehead atoms. The maximum atomic E-state index is 13.5. The number of phenols is 1. The van der Waals surface area contributed by atoms with E-state index in [-0.39, 0.29) is 17.1 Å². The number of ketones is 1. The lowest BCUT2D eigenvalue weighted by molar-refractivity contribution is -0.120. The van der Waals surface area contributed by atoms with Gasteiger partial charge in [0.15, 0.2) is 0 Å². The van der Waals surface area contributed by atoms with Crippen molar-refractivity contribution >= 4 is 11.7 Å². The van der Waals surface area contributed by atoms with Gasteiger partial charge in [-0.25, -0.2) is 4.39 Å². The monoisotopic (exact) mass is 237 g/mol. The fourth-order valence-electron chi connectivity index (χ4n) is 1.81. The number of rotatable bonds is 1. The van der Waals surface area contributed by atoms with Crippen LogP contribution in [0.4, 0.5) is 4.39 Å². The Balaban J connectivity index is 2.16. The lowest BCUT2D eigenvalue weighted by Crippen LogP contribution is -2.38. The normalized spacial score (nSPS) is 16.1. The summed E-state index contributed by atoms with van der Waals surface area (Å²) in [6.07, 6.45) is 0.650. The predicted molar refractivity (Wildman–Crippen MR) is 58.2 cm³/mol. The molecule has 0 spiro atoms. The van der Waals surface area contributed by atoms with E-state index < -0.39 is 11.7 Å². The van der Waals surface area contributed by atoms with Crippen LogP contribution in [-0.4, -0.2) is 34.8 Å². The number of hydrogen-bond acceptors (Lipinski definition) is 3. The van der Waals surface area contributed by atoms with Gasteiger partial charge in [0.2, 0.25) is 0 Å². The van der Waals surface area contributed by atoms with E-state index in [9.17, 15) is 14.0 Å². The molecule has 1 N–H and O–H groups in total. The number of amides is 1. The molecular weight excluding hydrogens is 225 g/mol. The SMILES string of the molecule is O=C1CCN(C(=O)c2ccc(O)cc2F)CC1. The van der Waals surface area contributed by atoms with Gasteiger partial charge in [0.25, 0.3) is 5.91 Å². The summed E-state index contributed by atoms with van der Waals surface area (Å²) >= 11 is 0. The second kappa shape index (κ2) is 4.53. The first-order valence-corrected chi connectivity index (χ1v) is 5.37. The second-order valence-corrected chi connectivity index (χ2v) is 4.00. The van der Waals surface area contributed by atoms with Gasteiger partial charge in [-0.2, -0.15) is 0 Å². The number of carbonyl (C=O) groups excluding carboxylic acids is 2. The first kappa shape index (κ1) is 11.6. The van der Waals surface area contributed by atoms with Crippen LogP contribution >= 0.6 is 0 Å². The van der Waals surface area contributed by atoms with E-state index in [2.05, 4.69) is 0 Å². The Hall–Kier alpha value is -1.91. The summed E-state index contributed by atoms with van der Waals surface area (Å²) in [5, 5.41) is 9.05. The van der Waals surface area contributed by atoms with Crippen LogP contribution in [0.2, 0.25) is 0 Å². The molecule has 1 fully saturated rings. The van der Waals surface area contributed by atoms with Crippen LogP contribution in [0.5, 0.6) is 5.75 Å². The third-order valence-corrected chi connectivity index (χ3v) is 2.79. The van der Waals surface area contributed by atoms with Gasteiger partial charge in [0, 0.05) is 32.0 Å². The van der Waals surface area contributed by atoms with Crippen molar-refractivity contribution in [2.75, 3.05) is 13.1 Å². The van der Waals surface area contributed by atoms with E-state index in [4.69, 9.17) is 5.11 Å². The van der Waals surface area contributed by atoms with Crippen molar-refractivity contribution in [3.63, 3.8) is 0 Å². The number of likely N-dealkylation sites (tertiary alicyclic amines) is 1. The molecule has 17 heavy (non-hydrogen) atoms. The number of Topliss-reactive ketones (excluding diaryl/α,β-unsaturated/α-hetero) is 1. The minimum absolute atomic E-state index is 0.0721. The summed E-state index contributed by atoms with van der Waals surface area (Å²) in [6, 6.07) is 3.43. The minimum Gasteiger partial charge on any atom is -0.508 e. The van der Waals surface area contributed by atoms with Gasteiger partial charge < -0.3 is 10.0 Å². The Bertz CT molecular complexity index is 463. The van der Waals surface area contributed by atoms with Crippen molar-refractivity contribution in [1.82, 2.24) is 4.90 Å². The van der Waals surface area contributed by atoms with E-state index in [1.54, 1.807) is 0 Å². The average molecular weight is 237 g/mol.